The predicted octanol–water partition coefficient (Wildman–Crippen LogP) is 4.80. The number of hydrogen-bond acceptors (Lipinski definition) is 4. The monoisotopic (exact) mass is 409 g/mol. The van der Waals surface area contributed by atoms with Crippen LogP contribution >= 0.6 is 27.5 Å². The van der Waals surface area contributed by atoms with E-state index in [4.69, 9.17) is 25.2 Å². The van der Waals surface area contributed by atoms with Gasteiger partial charge in [-0.1, -0.05) is 27.5 Å². The second kappa shape index (κ2) is 7.59. The van der Waals surface area contributed by atoms with Gasteiger partial charge in [-0.15, -0.1) is 0 Å². The number of benzene rings is 1. The summed E-state index contributed by atoms with van der Waals surface area (Å²) >= 11 is 9.41. The maximum atomic E-state index is 12.0. The summed E-state index contributed by atoms with van der Waals surface area (Å²) in [5.74, 6) is 1.63. The highest BCUT2D eigenvalue weighted by Crippen LogP contribution is 2.28. The Balaban J connectivity index is 1.55. The van der Waals surface area contributed by atoms with Gasteiger partial charge in [-0.2, -0.15) is 0 Å². The Labute approximate surface area is 151 Å². The fourth-order valence-electron chi connectivity index (χ4n) is 1.99. The normalized spacial score (nSPS) is 10.6. The molecule has 1 amide bonds. The average molecular weight is 411 g/mol. The van der Waals surface area contributed by atoms with Crippen LogP contribution in [0.3, 0.4) is 0 Å². The van der Waals surface area contributed by atoms with Gasteiger partial charge in [0.25, 0.3) is 5.91 Å². The van der Waals surface area contributed by atoms with E-state index in [1.54, 1.807) is 42.7 Å². The standard InChI is InChI=1S/C17H13BrClNO4/c18-11-3-5-15(14(19)8-11)23-10-13-4-6-16(24-13)17(21)20-9-12-2-1-7-22-12/h1-8H,9-10H2,(H,20,21). The van der Waals surface area contributed by atoms with E-state index in [1.165, 1.54) is 0 Å². The van der Waals surface area contributed by atoms with Gasteiger partial charge in [0.05, 0.1) is 17.8 Å². The highest BCUT2D eigenvalue weighted by molar-refractivity contribution is 9.10. The van der Waals surface area contributed by atoms with Crippen molar-refractivity contribution in [1.82, 2.24) is 5.32 Å². The van der Waals surface area contributed by atoms with Crippen LogP contribution < -0.4 is 10.1 Å². The Bertz CT molecular complexity index is 829. The average Bonchev–Trinajstić information content (AvgIpc) is 3.23. The minimum absolute atomic E-state index is 0.173. The fraction of sp³-hybridized carbons (Fsp3) is 0.118. The maximum Gasteiger partial charge on any atom is 0.287 e. The van der Waals surface area contributed by atoms with Crippen LogP contribution in [-0.2, 0) is 13.2 Å². The van der Waals surface area contributed by atoms with E-state index < -0.39 is 0 Å². The number of halogens is 2. The van der Waals surface area contributed by atoms with Crippen LogP contribution in [0.1, 0.15) is 22.1 Å². The van der Waals surface area contributed by atoms with Crippen molar-refractivity contribution in [3.05, 3.63) is 75.5 Å². The van der Waals surface area contributed by atoms with E-state index >= 15 is 0 Å². The number of amides is 1. The van der Waals surface area contributed by atoms with E-state index in [9.17, 15) is 4.79 Å². The third-order valence-corrected chi connectivity index (χ3v) is 3.94. The van der Waals surface area contributed by atoms with Crippen LogP contribution in [-0.4, -0.2) is 5.91 Å². The molecular weight excluding hydrogens is 398 g/mol. The van der Waals surface area contributed by atoms with Crippen molar-refractivity contribution in [3.63, 3.8) is 0 Å². The van der Waals surface area contributed by atoms with Crippen molar-refractivity contribution in [2.75, 3.05) is 0 Å². The summed E-state index contributed by atoms with van der Waals surface area (Å²) in [4.78, 5) is 12.0. The Morgan fingerprint density at radius 3 is 2.83 bits per heavy atom. The lowest BCUT2D eigenvalue weighted by Crippen LogP contribution is -2.21. The molecule has 0 radical (unpaired) electrons. The number of hydrogen-bond donors (Lipinski definition) is 1. The molecule has 2 heterocycles. The molecule has 0 unspecified atom stereocenters. The Morgan fingerprint density at radius 1 is 1.21 bits per heavy atom. The highest BCUT2D eigenvalue weighted by atomic mass is 79.9. The molecule has 0 atom stereocenters. The topological polar surface area (TPSA) is 64.6 Å². The van der Waals surface area contributed by atoms with Crippen molar-refractivity contribution in [3.8, 4) is 5.75 Å². The first-order valence-electron chi connectivity index (χ1n) is 7.09. The van der Waals surface area contributed by atoms with Crippen LogP contribution in [0.2, 0.25) is 5.02 Å². The minimum atomic E-state index is -0.320. The molecule has 7 heteroatoms. The van der Waals surface area contributed by atoms with E-state index in [-0.39, 0.29) is 18.3 Å². The van der Waals surface area contributed by atoms with Crippen LogP contribution in [0.5, 0.6) is 5.75 Å². The summed E-state index contributed by atoms with van der Waals surface area (Å²) in [5, 5.41) is 3.20. The van der Waals surface area contributed by atoms with E-state index in [0.29, 0.717) is 28.8 Å². The summed E-state index contributed by atoms with van der Waals surface area (Å²) in [6.45, 7) is 0.472. The first kappa shape index (κ1) is 16.7. The quantitative estimate of drug-likeness (QED) is 0.634. The van der Waals surface area contributed by atoms with Crippen LogP contribution in [0.25, 0.3) is 0 Å². The molecule has 24 heavy (non-hydrogen) atoms. The molecule has 124 valence electrons. The van der Waals surface area contributed by atoms with Crippen LogP contribution in [0.15, 0.2) is 62.0 Å². The zero-order valence-corrected chi connectivity index (χ0v) is 14.8. The predicted molar refractivity (Wildman–Crippen MR) is 92.1 cm³/mol. The molecule has 0 spiro atoms. The van der Waals surface area contributed by atoms with Gasteiger partial charge in [-0.3, -0.25) is 4.79 Å². The molecule has 0 saturated heterocycles. The number of ether oxygens (including phenoxy) is 1. The second-order valence-electron chi connectivity index (χ2n) is 4.89. The summed E-state index contributed by atoms with van der Waals surface area (Å²) in [5.41, 5.74) is 0. The Kier molecular flexibility index (Phi) is 5.27. The minimum Gasteiger partial charge on any atom is -0.484 e. The number of carbonyl (C=O) groups is 1. The largest absolute Gasteiger partial charge is 0.484 e. The van der Waals surface area contributed by atoms with Crippen molar-refractivity contribution in [2.24, 2.45) is 0 Å². The zero-order chi connectivity index (χ0) is 16.9. The van der Waals surface area contributed by atoms with Gasteiger partial charge in [0.1, 0.15) is 23.9 Å². The lowest BCUT2D eigenvalue weighted by molar-refractivity contribution is 0.0916. The third kappa shape index (κ3) is 4.21. The molecule has 3 aromatic rings. The smallest absolute Gasteiger partial charge is 0.287 e. The Morgan fingerprint density at radius 2 is 2.08 bits per heavy atom. The van der Waals surface area contributed by atoms with Crippen LogP contribution in [0.4, 0.5) is 0 Å². The molecule has 1 aromatic carbocycles. The van der Waals surface area contributed by atoms with E-state index in [2.05, 4.69) is 21.2 Å². The third-order valence-electron chi connectivity index (χ3n) is 3.15. The summed E-state index contributed by atoms with van der Waals surface area (Å²) in [6.07, 6.45) is 1.55. The fourth-order valence-corrected chi connectivity index (χ4v) is 2.71. The second-order valence-corrected chi connectivity index (χ2v) is 6.21. The molecule has 0 saturated carbocycles. The first-order valence-corrected chi connectivity index (χ1v) is 8.26. The molecule has 5 nitrogen and oxygen atoms in total. The molecule has 1 N–H and O–H groups in total. The number of furan rings is 2. The number of nitrogens with one attached hydrogen (secondary N) is 1. The number of carbonyl (C=O) groups excluding carboxylic acids is 1. The lowest BCUT2D eigenvalue weighted by Gasteiger charge is -2.06. The maximum absolute atomic E-state index is 12.0. The highest BCUT2D eigenvalue weighted by Gasteiger charge is 2.12. The van der Waals surface area contributed by atoms with Gasteiger partial charge in [-0.25, -0.2) is 0 Å². The molecule has 0 bridgehead atoms. The summed E-state index contributed by atoms with van der Waals surface area (Å²) in [6, 6.07) is 12.2. The van der Waals surface area contributed by atoms with Gasteiger partial charge < -0.3 is 18.9 Å². The van der Waals surface area contributed by atoms with Gasteiger partial charge in [0.2, 0.25) is 0 Å². The zero-order valence-electron chi connectivity index (χ0n) is 12.4. The van der Waals surface area contributed by atoms with E-state index in [1.807, 2.05) is 6.07 Å². The summed E-state index contributed by atoms with van der Waals surface area (Å²) < 4.78 is 17.1. The Hall–Kier alpha value is -2.18. The SMILES string of the molecule is O=C(NCc1ccco1)c1ccc(COc2ccc(Br)cc2Cl)o1. The van der Waals surface area contributed by atoms with Crippen molar-refractivity contribution < 1.29 is 18.4 Å². The van der Waals surface area contributed by atoms with Crippen molar-refractivity contribution >= 4 is 33.4 Å². The molecule has 0 aliphatic heterocycles. The molecule has 2 aromatic heterocycles. The van der Waals surface area contributed by atoms with Gasteiger partial charge in [0, 0.05) is 4.47 Å². The van der Waals surface area contributed by atoms with Gasteiger partial charge in [0.15, 0.2) is 5.76 Å². The molecule has 0 aliphatic carbocycles. The van der Waals surface area contributed by atoms with Gasteiger partial charge in [-0.05, 0) is 42.5 Å². The lowest BCUT2D eigenvalue weighted by atomic mass is 10.3. The van der Waals surface area contributed by atoms with Crippen LogP contribution in [0, 0.1) is 0 Å². The molecule has 0 aliphatic rings. The first-order chi connectivity index (χ1) is 11.6. The van der Waals surface area contributed by atoms with Crippen molar-refractivity contribution in [1.29, 1.82) is 0 Å². The number of rotatable bonds is 6. The molecule has 0 fully saturated rings. The summed E-state index contributed by atoms with van der Waals surface area (Å²) in [7, 11) is 0. The molecular formula is C17H13BrClNO4. The van der Waals surface area contributed by atoms with Gasteiger partial charge >= 0.3 is 0 Å². The van der Waals surface area contributed by atoms with E-state index in [0.717, 1.165) is 4.47 Å². The molecule has 3 rings (SSSR count). The van der Waals surface area contributed by atoms with Crippen molar-refractivity contribution in [2.45, 2.75) is 13.2 Å².